The van der Waals surface area contributed by atoms with E-state index in [1.54, 1.807) is 18.4 Å². The Bertz CT molecular complexity index is 294. The highest BCUT2D eigenvalue weighted by Crippen LogP contribution is 2.39. The number of nitrogens with one attached hydrogen (secondary N) is 1. The van der Waals surface area contributed by atoms with Crippen molar-refractivity contribution in [3.8, 4) is 5.06 Å². The van der Waals surface area contributed by atoms with Gasteiger partial charge in [0.15, 0.2) is 5.06 Å². The Balaban J connectivity index is 2.20. The Kier molecular flexibility index (Phi) is 2.91. The van der Waals surface area contributed by atoms with Crippen molar-refractivity contribution in [2.75, 3.05) is 20.2 Å². The van der Waals surface area contributed by atoms with Gasteiger partial charge in [0, 0.05) is 17.3 Å². The lowest BCUT2D eigenvalue weighted by Crippen LogP contribution is -2.07. The van der Waals surface area contributed by atoms with Crippen LogP contribution in [0.1, 0.15) is 17.2 Å². The van der Waals surface area contributed by atoms with Crippen molar-refractivity contribution in [2.24, 2.45) is 0 Å². The van der Waals surface area contributed by atoms with E-state index in [-0.39, 0.29) is 0 Å². The molecule has 1 aromatic heterocycles. The van der Waals surface area contributed by atoms with Gasteiger partial charge < -0.3 is 10.1 Å². The van der Waals surface area contributed by atoms with Crippen molar-refractivity contribution >= 4 is 27.3 Å². The molecule has 0 aromatic carbocycles. The highest BCUT2D eigenvalue weighted by molar-refractivity contribution is 9.10. The first-order chi connectivity index (χ1) is 6.31. The van der Waals surface area contributed by atoms with Gasteiger partial charge in [0.2, 0.25) is 0 Å². The molecule has 2 heterocycles. The summed E-state index contributed by atoms with van der Waals surface area (Å²) in [6.45, 7) is 2.25. The summed E-state index contributed by atoms with van der Waals surface area (Å²) in [7, 11) is 1.72. The molecule has 1 N–H and O–H groups in total. The molecule has 0 amide bonds. The smallest absolute Gasteiger partial charge is 0.188 e. The molecule has 0 spiro atoms. The molecular weight excluding hydrogens is 250 g/mol. The molecule has 0 aliphatic carbocycles. The van der Waals surface area contributed by atoms with E-state index < -0.39 is 0 Å². The Morgan fingerprint density at radius 2 is 2.54 bits per heavy atom. The van der Waals surface area contributed by atoms with E-state index in [2.05, 4.69) is 27.3 Å². The van der Waals surface area contributed by atoms with Crippen LogP contribution in [-0.2, 0) is 0 Å². The molecule has 1 unspecified atom stereocenters. The molecular formula is C9H12BrNOS. The predicted molar refractivity (Wildman–Crippen MR) is 58.8 cm³/mol. The summed E-state index contributed by atoms with van der Waals surface area (Å²) < 4.78 is 6.32. The normalized spacial score (nSPS) is 22.2. The number of methoxy groups -OCH3 is 1. The first kappa shape index (κ1) is 9.49. The predicted octanol–water partition coefficient (Wildman–Crippen LogP) is 2.60. The number of rotatable bonds is 2. The van der Waals surface area contributed by atoms with Gasteiger partial charge in [0.25, 0.3) is 0 Å². The Hall–Kier alpha value is -0.0600. The zero-order valence-corrected chi connectivity index (χ0v) is 9.87. The van der Waals surface area contributed by atoms with Gasteiger partial charge in [0.05, 0.1) is 11.6 Å². The largest absolute Gasteiger partial charge is 0.486 e. The molecule has 0 bridgehead atoms. The van der Waals surface area contributed by atoms with E-state index in [0.717, 1.165) is 22.6 Å². The van der Waals surface area contributed by atoms with Crippen LogP contribution >= 0.6 is 27.3 Å². The topological polar surface area (TPSA) is 21.3 Å². The minimum absolute atomic E-state index is 0.685. The van der Waals surface area contributed by atoms with Crippen molar-refractivity contribution in [3.63, 3.8) is 0 Å². The van der Waals surface area contributed by atoms with Crippen LogP contribution in [-0.4, -0.2) is 20.2 Å². The summed E-state index contributed by atoms with van der Waals surface area (Å²) in [4.78, 5) is 1.42. The van der Waals surface area contributed by atoms with Crippen LogP contribution in [0.4, 0.5) is 0 Å². The lowest BCUT2D eigenvalue weighted by atomic mass is 10.1. The summed E-state index contributed by atoms with van der Waals surface area (Å²) >= 11 is 5.24. The van der Waals surface area contributed by atoms with E-state index in [4.69, 9.17) is 4.74 Å². The maximum Gasteiger partial charge on any atom is 0.188 e. The maximum atomic E-state index is 5.24. The minimum Gasteiger partial charge on any atom is -0.486 e. The Morgan fingerprint density at radius 1 is 1.69 bits per heavy atom. The van der Waals surface area contributed by atoms with E-state index in [1.165, 1.54) is 11.3 Å². The van der Waals surface area contributed by atoms with E-state index in [9.17, 15) is 0 Å². The van der Waals surface area contributed by atoms with Crippen LogP contribution in [0.25, 0.3) is 0 Å². The Morgan fingerprint density at radius 3 is 3.08 bits per heavy atom. The van der Waals surface area contributed by atoms with Gasteiger partial charge in [-0.2, -0.15) is 0 Å². The first-order valence-electron chi connectivity index (χ1n) is 4.35. The molecule has 72 valence electrons. The second-order valence-electron chi connectivity index (χ2n) is 3.18. The second-order valence-corrected chi connectivity index (χ2v) is 5.08. The average Bonchev–Trinajstić information content (AvgIpc) is 2.71. The second kappa shape index (κ2) is 3.98. The third-order valence-corrected chi connectivity index (χ3v) is 4.43. The van der Waals surface area contributed by atoms with E-state index in [1.807, 2.05) is 0 Å². The van der Waals surface area contributed by atoms with Crippen molar-refractivity contribution in [1.82, 2.24) is 5.32 Å². The van der Waals surface area contributed by atoms with Crippen LogP contribution in [0.2, 0.25) is 0 Å². The highest BCUT2D eigenvalue weighted by Gasteiger charge is 2.20. The molecule has 1 atom stereocenters. The lowest BCUT2D eigenvalue weighted by molar-refractivity contribution is 0.425. The molecule has 13 heavy (non-hydrogen) atoms. The Labute approximate surface area is 90.4 Å². The molecule has 2 nitrogen and oxygen atoms in total. The highest BCUT2D eigenvalue weighted by atomic mass is 79.9. The number of thiophene rings is 1. The van der Waals surface area contributed by atoms with Crippen LogP contribution in [0.5, 0.6) is 5.06 Å². The molecule has 2 rings (SSSR count). The van der Waals surface area contributed by atoms with Crippen molar-refractivity contribution in [2.45, 2.75) is 12.3 Å². The van der Waals surface area contributed by atoms with Crippen molar-refractivity contribution in [1.29, 1.82) is 0 Å². The SMILES string of the molecule is COc1sc(C2CCNC2)cc1Br. The third-order valence-electron chi connectivity index (χ3n) is 2.32. The summed E-state index contributed by atoms with van der Waals surface area (Å²) in [6.07, 6.45) is 1.25. The zero-order chi connectivity index (χ0) is 9.26. The van der Waals surface area contributed by atoms with E-state index in [0.29, 0.717) is 5.92 Å². The fraction of sp³-hybridized carbons (Fsp3) is 0.556. The van der Waals surface area contributed by atoms with Gasteiger partial charge in [-0.05, 0) is 35.0 Å². The van der Waals surface area contributed by atoms with Crippen LogP contribution in [0.3, 0.4) is 0 Å². The molecule has 4 heteroatoms. The van der Waals surface area contributed by atoms with Crippen molar-refractivity contribution < 1.29 is 4.74 Å². The van der Waals surface area contributed by atoms with Gasteiger partial charge in [0.1, 0.15) is 0 Å². The molecule has 1 aromatic rings. The summed E-state index contributed by atoms with van der Waals surface area (Å²) in [6, 6.07) is 2.18. The monoisotopic (exact) mass is 261 g/mol. The summed E-state index contributed by atoms with van der Waals surface area (Å²) in [5, 5.41) is 4.36. The van der Waals surface area contributed by atoms with E-state index >= 15 is 0 Å². The number of hydrogen-bond donors (Lipinski definition) is 1. The quantitative estimate of drug-likeness (QED) is 0.884. The number of halogens is 1. The van der Waals surface area contributed by atoms with Crippen LogP contribution < -0.4 is 10.1 Å². The summed E-state index contributed by atoms with van der Waals surface area (Å²) in [5.74, 6) is 0.685. The van der Waals surface area contributed by atoms with Gasteiger partial charge in [-0.3, -0.25) is 0 Å². The molecule has 1 aliphatic rings. The van der Waals surface area contributed by atoms with Gasteiger partial charge >= 0.3 is 0 Å². The summed E-state index contributed by atoms with van der Waals surface area (Å²) in [5.41, 5.74) is 0. The fourth-order valence-corrected chi connectivity index (χ4v) is 3.41. The van der Waals surface area contributed by atoms with Crippen LogP contribution in [0, 0.1) is 0 Å². The van der Waals surface area contributed by atoms with Gasteiger partial charge in [-0.15, -0.1) is 11.3 Å². The lowest BCUT2D eigenvalue weighted by Gasteiger charge is -2.02. The van der Waals surface area contributed by atoms with Gasteiger partial charge in [-0.1, -0.05) is 0 Å². The molecule has 0 radical (unpaired) electrons. The molecule has 1 fully saturated rings. The molecule has 0 saturated carbocycles. The fourth-order valence-electron chi connectivity index (χ4n) is 1.61. The van der Waals surface area contributed by atoms with Crippen LogP contribution in [0.15, 0.2) is 10.5 Å². The van der Waals surface area contributed by atoms with Crippen molar-refractivity contribution in [3.05, 3.63) is 15.4 Å². The third kappa shape index (κ3) is 1.90. The zero-order valence-electron chi connectivity index (χ0n) is 7.47. The van der Waals surface area contributed by atoms with Gasteiger partial charge in [-0.25, -0.2) is 0 Å². The maximum absolute atomic E-state index is 5.24. The minimum atomic E-state index is 0.685. The first-order valence-corrected chi connectivity index (χ1v) is 5.96. The number of hydrogen-bond acceptors (Lipinski definition) is 3. The average molecular weight is 262 g/mol. The number of ether oxygens (including phenoxy) is 1. The molecule has 1 saturated heterocycles. The standard InChI is InChI=1S/C9H12BrNOS/c1-12-9-7(10)4-8(13-9)6-2-3-11-5-6/h4,6,11H,2-3,5H2,1H3. The molecule has 1 aliphatic heterocycles.